The second-order valence-corrected chi connectivity index (χ2v) is 12.0. The summed E-state index contributed by atoms with van der Waals surface area (Å²) < 4.78 is 0. The van der Waals surface area contributed by atoms with Crippen molar-refractivity contribution in [1.82, 2.24) is 9.80 Å². The molecule has 0 N–H and O–H groups in total. The van der Waals surface area contributed by atoms with Crippen molar-refractivity contribution < 1.29 is 9.59 Å². The van der Waals surface area contributed by atoms with Crippen LogP contribution < -0.4 is 9.80 Å². The normalized spacial score (nSPS) is 21.7. The van der Waals surface area contributed by atoms with Crippen LogP contribution in [0.1, 0.15) is 40.2 Å². The van der Waals surface area contributed by atoms with Gasteiger partial charge in [0.15, 0.2) is 5.41 Å². The van der Waals surface area contributed by atoms with Crippen molar-refractivity contribution in [1.29, 1.82) is 0 Å². The summed E-state index contributed by atoms with van der Waals surface area (Å²) in [6.45, 7) is 13.6. The van der Waals surface area contributed by atoms with Gasteiger partial charge < -0.3 is 9.80 Å². The van der Waals surface area contributed by atoms with Crippen LogP contribution >= 0.6 is 11.8 Å². The Labute approximate surface area is 255 Å². The van der Waals surface area contributed by atoms with E-state index in [1.165, 1.54) is 0 Å². The molecular weight excluding hydrogens is 540 g/mol. The summed E-state index contributed by atoms with van der Waals surface area (Å²) in [7, 11) is 0. The van der Waals surface area contributed by atoms with Gasteiger partial charge in [-0.3, -0.25) is 19.4 Å². The fourth-order valence-corrected chi connectivity index (χ4v) is 8.15. The zero-order valence-electron chi connectivity index (χ0n) is 25.4. The summed E-state index contributed by atoms with van der Waals surface area (Å²) in [4.78, 5) is 38.3. The number of nitrogens with zero attached hydrogens (tertiary/aromatic N) is 4. The third-order valence-electron chi connectivity index (χ3n) is 8.53. The Morgan fingerprint density at radius 2 is 1.00 bits per heavy atom. The molecule has 3 aromatic rings. The smallest absolute Gasteiger partial charge is 0.252 e. The highest BCUT2D eigenvalue weighted by molar-refractivity contribution is 8.01. The predicted octanol–water partition coefficient (Wildman–Crippen LogP) is 6.61. The maximum absolute atomic E-state index is 15.5. The number of carbonyl (C=O) groups excluding carboxylic acids is 2. The lowest BCUT2D eigenvalue weighted by atomic mass is 9.68. The maximum Gasteiger partial charge on any atom is 0.252 e. The summed E-state index contributed by atoms with van der Waals surface area (Å²) >= 11 is 1.65. The summed E-state index contributed by atoms with van der Waals surface area (Å²) in [5.41, 5.74) is 2.98. The van der Waals surface area contributed by atoms with Crippen molar-refractivity contribution in [3.05, 3.63) is 108 Å². The highest BCUT2D eigenvalue weighted by atomic mass is 32.2. The van der Waals surface area contributed by atoms with E-state index in [-0.39, 0.29) is 18.2 Å². The minimum atomic E-state index is -1.45. The Hall–Kier alpha value is -3.71. The molecule has 3 aromatic carbocycles. The first-order valence-electron chi connectivity index (χ1n) is 15.2. The molecule has 3 aliphatic heterocycles. The summed E-state index contributed by atoms with van der Waals surface area (Å²) in [5.74, 6) is 0.386. The molecule has 0 saturated carbocycles. The van der Waals surface area contributed by atoms with Gasteiger partial charge in [0, 0.05) is 44.0 Å². The van der Waals surface area contributed by atoms with Gasteiger partial charge in [0.1, 0.15) is 0 Å². The molecule has 1 fully saturated rings. The molecule has 0 unspecified atom stereocenters. The number of hydrogen-bond donors (Lipinski definition) is 0. The third-order valence-corrected chi connectivity index (χ3v) is 9.78. The Bertz CT molecular complexity index is 1360. The maximum atomic E-state index is 15.5. The number of rotatable bonds is 12. The molecule has 6 nitrogen and oxygen atoms in total. The van der Waals surface area contributed by atoms with Gasteiger partial charge in [0.05, 0.1) is 11.4 Å². The first-order valence-corrected chi connectivity index (χ1v) is 16.2. The molecule has 220 valence electrons. The van der Waals surface area contributed by atoms with Gasteiger partial charge in [-0.25, -0.2) is 0 Å². The molecule has 2 amide bonds. The van der Waals surface area contributed by atoms with Crippen molar-refractivity contribution in [2.45, 2.75) is 46.0 Å². The minimum Gasteiger partial charge on any atom is -0.372 e. The topological polar surface area (TPSA) is 47.1 Å². The van der Waals surface area contributed by atoms with Crippen molar-refractivity contribution in [2.24, 2.45) is 5.41 Å². The monoisotopic (exact) mass is 582 g/mol. The largest absolute Gasteiger partial charge is 0.372 e. The van der Waals surface area contributed by atoms with E-state index in [1.807, 2.05) is 101 Å². The van der Waals surface area contributed by atoms with E-state index in [9.17, 15) is 0 Å². The Balaban J connectivity index is 2.01. The Kier molecular flexibility index (Phi) is 8.69. The first-order chi connectivity index (χ1) is 20.5. The van der Waals surface area contributed by atoms with Crippen LogP contribution in [0, 0.1) is 5.41 Å². The van der Waals surface area contributed by atoms with E-state index in [0.29, 0.717) is 18.8 Å². The number of fused-ring (bicyclic) bond motifs is 2. The second kappa shape index (κ2) is 12.3. The zero-order valence-corrected chi connectivity index (χ0v) is 26.2. The van der Waals surface area contributed by atoms with Gasteiger partial charge >= 0.3 is 0 Å². The van der Waals surface area contributed by atoms with Crippen LogP contribution in [0.15, 0.2) is 102 Å². The number of anilines is 2. The Morgan fingerprint density at radius 3 is 1.40 bits per heavy atom. The highest BCUT2D eigenvalue weighted by Crippen LogP contribution is 2.61. The van der Waals surface area contributed by atoms with E-state index in [0.717, 1.165) is 41.4 Å². The van der Waals surface area contributed by atoms with E-state index >= 15 is 9.59 Å². The Morgan fingerprint density at radius 1 is 0.595 bits per heavy atom. The number of benzene rings is 3. The quantitative estimate of drug-likeness (QED) is 0.225. The van der Waals surface area contributed by atoms with Crippen LogP contribution in [0.4, 0.5) is 11.4 Å². The second-order valence-electron chi connectivity index (χ2n) is 10.6. The van der Waals surface area contributed by atoms with Gasteiger partial charge in [-0.05, 0) is 63.3 Å². The molecule has 0 spiro atoms. The van der Waals surface area contributed by atoms with E-state index in [1.54, 1.807) is 11.8 Å². The molecule has 3 aliphatic rings. The molecule has 0 radical (unpaired) electrons. The standard InChI is InChI=1S/C35H42N4O2S/c1-6-36(7-2)30-31(37(8-3)9-4)35(42-10-5)38(28-22-16-12-17-23-28)32(40)34(30,26-27-20-14-11-15-21-27)33(41)39(35)29-24-18-13-19-25-29/h11-25H,6-10,26H2,1-5H3. The van der Waals surface area contributed by atoms with Crippen molar-refractivity contribution >= 4 is 35.0 Å². The molecule has 0 aliphatic carbocycles. The van der Waals surface area contributed by atoms with Gasteiger partial charge in [0.2, 0.25) is 4.99 Å². The lowest BCUT2D eigenvalue weighted by Crippen LogP contribution is -2.81. The predicted molar refractivity (Wildman–Crippen MR) is 174 cm³/mol. The number of thioether (sulfide) groups is 1. The van der Waals surface area contributed by atoms with Crippen molar-refractivity contribution in [3.8, 4) is 0 Å². The summed E-state index contributed by atoms with van der Waals surface area (Å²) in [5, 5.41) is 0. The van der Waals surface area contributed by atoms with Crippen molar-refractivity contribution in [2.75, 3.05) is 41.7 Å². The number of carbonyl (C=O) groups is 2. The van der Waals surface area contributed by atoms with Crippen LogP contribution in [0.2, 0.25) is 0 Å². The molecule has 6 rings (SSSR count). The van der Waals surface area contributed by atoms with Crippen LogP contribution in [0.3, 0.4) is 0 Å². The lowest BCUT2D eigenvalue weighted by Gasteiger charge is -2.65. The molecule has 2 bridgehead atoms. The third kappa shape index (κ3) is 4.41. The molecular formula is C35H42N4O2S. The summed E-state index contributed by atoms with van der Waals surface area (Å²) in [6, 6.07) is 29.8. The molecule has 0 atom stereocenters. The molecule has 1 saturated heterocycles. The fraction of sp³-hybridized carbons (Fsp3) is 0.371. The lowest BCUT2D eigenvalue weighted by molar-refractivity contribution is -0.145. The van der Waals surface area contributed by atoms with Crippen LogP contribution in [-0.2, 0) is 16.0 Å². The molecule has 7 heteroatoms. The van der Waals surface area contributed by atoms with Crippen LogP contribution in [0.25, 0.3) is 0 Å². The van der Waals surface area contributed by atoms with Gasteiger partial charge in [-0.2, -0.15) is 0 Å². The number of hydrogen-bond acceptors (Lipinski definition) is 5. The SMILES string of the molecule is CCSC12C(N(CC)CC)=C(N(CC)CC)C(Cc3ccccc3)(C(=O)N1c1ccccc1)C(=O)N2c1ccccc1. The van der Waals surface area contributed by atoms with Gasteiger partial charge in [-0.1, -0.05) is 73.7 Å². The number of likely N-dealkylation sites (N-methyl/N-ethyl adjacent to an activating group) is 1. The first kappa shape index (κ1) is 29.8. The summed E-state index contributed by atoms with van der Waals surface area (Å²) in [6.07, 6.45) is 0.279. The molecule has 0 aromatic heterocycles. The van der Waals surface area contributed by atoms with E-state index < -0.39 is 10.4 Å². The number of para-hydroxylation sites is 2. The molecule has 3 heterocycles. The van der Waals surface area contributed by atoms with Crippen LogP contribution in [0.5, 0.6) is 0 Å². The average Bonchev–Trinajstić information content (AvgIpc) is 3.02. The van der Waals surface area contributed by atoms with Crippen molar-refractivity contribution in [3.63, 3.8) is 0 Å². The zero-order chi connectivity index (χ0) is 29.9. The van der Waals surface area contributed by atoms with Crippen LogP contribution in [-0.4, -0.2) is 58.5 Å². The van der Waals surface area contributed by atoms with E-state index in [2.05, 4.69) is 44.4 Å². The molecule has 42 heavy (non-hydrogen) atoms. The van der Waals surface area contributed by atoms with Gasteiger partial charge in [0.25, 0.3) is 11.8 Å². The van der Waals surface area contributed by atoms with E-state index in [4.69, 9.17) is 0 Å². The fourth-order valence-electron chi connectivity index (χ4n) is 6.75. The average molecular weight is 583 g/mol. The highest BCUT2D eigenvalue weighted by Gasteiger charge is 2.73. The number of amides is 2. The van der Waals surface area contributed by atoms with Gasteiger partial charge in [-0.15, -0.1) is 11.8 Å². The minimum absolute atomic E-state index is 0.159.